The number of rotatable bonds is 21. The van der Waals surface area contributed by atoms with Gasteiger partial charge in [0.1, 0.15) is 46.6 Å². The average molecular weight is 1270 g/mol. The van der Waals surface area contributed by atoms with Crippen LogP contribution in [0, 0.1) is 0 Å². The number of carbonyl (C=O) groups is 12. The Morgan fingerprint density at radius 1 is 0.449 bits per heavy atom. The first-order valence-corrected chi connectivity index (χ1v) is 31.6. The molecule has 89 heavy (non-hydrogen) atoms. The van der Waals surface area contributed by atoms with E-state index < -0.39 is 101 Å². The first-order chi connectivity index (χ1) is 41.3. The predicted octanol–water partition coefficient (Wildman–Crippen LogP) is 7.31. The van der Waals surface area contributed by atoms with Crippen molar-refractivity contribution in [3.8, 4) is 0 Å². The monoisotopic (exact) mass is 1270 g/mol. The second kappa shape index (κ2) is 38.0. The molecule has 0 aliphatic carbocycles. The van der Waals surface area contributed by atoms with Gasteiger partial charge in [0.25, 0.3) is 0 Å². The number of Topliss-reactive ketones (excluding diaryl/α,β-unsaturated/α-hetero) is 3. The van der Waals surface area contributed by atoms with Crippen LogP contribution in [-0.2, 0) is 57.2 Å². The molecule has 4 rings (SSSR count). The van der Waals surface area contributed by atoms with Crippen LogP contribution in [0.1, 0.15) is 214 Å². The molecule has 0 aromatic carbocycles. The van der Waals surface area contributed by atoms with Gasteiger partial charge in [-0.2, -0.15) is 0 Å². The molecule has 510 valence electrons. The number of likely N-dealkylation sites (tertiary alicyclic amines) is 4. The van der Waals surface area contributed by atoms with Gasteiger partial charge < -0.3 is 55.8 Å². The molecule has 4 heterocycles. The third-order valence-electron chi connectivity index (χ3n) is 13.9. The molecule has 7 atom stereocenters. The lowest BCUT2D eigenvalue weighted by atomic mass is 10.0. The van der Waals surface area contributed by atoms with Crippen molar-refractivity contribution in [1.29, 1.82) is 0 Å². The summed E-state index contributed by atoms with van der Waals surface area (Å²) in [5.74, 6) is -2.07. The maximum atomic E-state index is 12.7. The van der Waals surface area contributed by atoms with Gasteiger partial charge in [0.05, 0.1) is 24.7 Å². The van der Waals surface area contributed by atoms with Crippen molar-refractivity contribution in [2.45, 2.75) is 279 Å². The van der Waals surface area contributed by atoms with Crippen LogP contribution in [0.4, 0.5) is 24.0 Å². The van der Waals surface area contributed by atoms with Crippen LogP contribution in [0.15, 0.2) is 0 Å². The van der Waals surface area contributed by atoms with Gasteiger partial charge in [0.15, 0.2) is 17.3 Å². The highest BCUT2D eigenvalue weighted by Gasteiger charge is 2.41. The zero-order valence-electron chi connectivity index (χ0n) is 56.4. The van der Waals surface area contributed by atoms with E-state index in [2.05, 4.69) is 21.3 Å². The molecule has 4 fully saturated rings. The van der Waals surface area contributed by atoms with Crippen LogP contribution >= 0.6 is 0 Å². The van der Waals surface area contributed by atoms with Crippen molar-refractivity contribution in [3.63, 3.8) is 0 Å². The summed E-state index contributed by atoms with van der Waals surface area (Å²) in [6, 6.07) is -4.30. The van der Waals surface area contributed by atoms with E-state index in [1.54, 1.807) is 111 Å². The van der Waals surface area contributed by atoms with Crippen molar-refractivity contribution in [1.82, 2.24) is 40.9 Å². The largest absolute Gasteiger partial charge is 0.480 e. The van der Waals surface area contributed by atoms with Gasteiger partial charge in [-0.1, -0.05) is 34.1 Å². The summed E-state index contributed by atoms with van der Waals surface area (Å²) in [5, 5.41) is 19.7. The molecular weight excluding hydrogens is 1160 g/mol. The summed E-state index contributed by atoms with van der Waals surface area (Å²) in [6.07, 6.45) is 5.57. The van der Waals surface area contributed by atoms with Crippen LogP contribution in [0.25, 0.3) is 0 Å². The summed E-state index contributed by atoms with van der Waals surface area (Å²) in [4.78, 5) is 150. The summed E-state index contributed by atoms with van der Waals surface area (Å²) in [6.45, 7) is 32.9. The normalized spacial score (nSPS) is 19.2. The number of carboxylic acid groups (broad SMARTS) is 1. The van der Waals surface area contributed by atoms with E-state index in [-0.39, 0.29) is 61.1 Å². The Labute approximate surface area is 527 Å². The molecule has 0 bridgehead atoms. The van der Waals surface area contributed by atoms with Crippen molar-refractivity contribution in [2.24, 2.45) is 5.73 Å². The molecule has 8 amide bonds. The topological polar surface area (TPSA) is 358 Å². The Bertz CT molecular complexity index is 2280. The highest BCUT2D eigenvalue weighted by molar-refractivity contribution is 5.94. The fraction of sp³-hybridized carbons (Fsp3) is 0.806. The van der Waals surface area contributed by atoms with E-state index >= 15 is 0 Å². The molecule has 0 saturated carbocycles. The van der Waals surface area contributed by atoms with Crippen LogP contribution < -0.4 is 27.0 Å². The zero-order valence-corrected chi connectivity index (χ0v) is 56.4. The summed E-state index contributed by atoms with van der Waals surface area (Å²) in [7, 11) is 0. The lowest BCUT2D eigenvalue weighted by Gasteiger charge is -2.29. The SMILES string of the molecule is CC(C)(C)OC(=O)N1CCCC1C(=O)O.CCC(=O)[C@H](CCN)NC(=O)C1CCCN1C(=O)OC(C)(C)C.CCC[C@H](NC(=O)C1CCCN1C(=O)OC(C)(C)C)C(=O)CC.CCOC(=O)NCC[C@H](NC(=O)C1CCCN1C(=O)OC(C)(C)C)C(=O)CC. The minimum atomic E-state index is -0.960. The van der Waals surface area contributed by atoms with Gasteiger partial charge in [-0.3, -0.25) is 48.4 Å². The van der Waals surface area contributed by atoms with Gasteiger partial charge in [-0.15, -0.1) is 0 Å². The number of aliphatic carboxylic acids is 1. The zero-order chi connectivity index (χ0) is 68.2. The fourth-order valence-corrected chi connectivity index (χ4v) is 9.74. The number of hydrogen-bond donors (Lipinski definition) is 6. The van der Waals surface area contributed by atoms with E-state index in [1.807, 2.05) is 6.92 Å². The number of ether oxygens (including phenoxy) is 5. The second-order valence-electron chi connectivity index (χ2n) is 26.1. The maximum Gasteiger partial charge on any atom is 0.411 e. The summed E-state index contributed by atoms with van der Waals surface area (Å²) >= 11 is 0. The number of carbonyl (C=O) groups excluding carboxylic acids is 11. The van der Waals surface area contributed by atoms with E-state index in [1.165, 1.54) is 19.6 Å². The standard InChI is InChI=1S/C19H33N3O6.C17H30N2O4.C16H29N3O4.C10H17NO4/c1-6-15(23)13(10-11-20-17(25)27-7-2)21-16(24)14-9-8-12-22(14)18(26)28-19(3,4)5;1-6-9-12(14(20)7-2)18-15(21)13-10-8-11-19(13)16(22)23-17(3,4)5;1-5-13(20)11(8-9-17)18-14(21)12-7-6-10-19(12)15(22)23-16(2,3)4;1-10(2,3)15-9(14)11-6-4-5-7(11)8(12)13/h13-14H,6-12H2,1-5H3,(H,20,25)(H,21,24);12-13H,6-11H2,1-5H3,(H,18,21);11-12H,5-10,17H2,1-4H3,(H,18,21);7H,4-6H2,1-3H3,(H,12,13)/t13-,14?;12-,13?;11-,12?;/m000./s1. The fourth-order valence-electron chi connectivity index (χ4n) is 9.74. The lowest BCUT2D eigenvalue weighted by Crippen LogP contribution is -2.52. The Morgan fingerprint density at radius 2 is 0.730 bits per heavy atom. The van der Waals surface area contributed by atoms with E-state index in [0.717, 1.165) is 25.7 Å². The number of carboxylic acids is 1. The average Bonchev–Trinajstić information content (AvgIpc) is 2.36. The lowest BCUT2D eigenvalue weighted by molar-refractivity contribution is -0.142. The molecule has 0 radical (unpaired) electrons. The van der Waals surface area contributed by atoms with Gasteiger partial charge in [0.2, 0.25) is 17.7 Å². The van der Waals surface area contributed by atoms with Gasteiger partial charge in [-0.25, -0.2) is 28.8 Å². The van der Waals surface area contributed by atoms with Gasteiger partial charge in [0, 0.05) is 52.0 Å². The van der Waals surface area contributed by atoms with Crippen molar-refractivity contribution < 1.29 is 86.3 Å². The first-order valence-electron chi connectivity index (χ1n) is 31.6. The third-order valence-corrected chi connectivity index (χ3v) is 13.9. The van der Waals surface area contributed by atoms with Crippen LogP contribution in [0.2, 0.25) is 0 Å². The molecule has 27 nitrogen and oxygen atoms in total. The highest BCUT2D eigenvalue weighted by Crippen LogP contribution is 2.25. The van der Waals surface area contributed by atoms with Crippen molar-refractivity contribution in [2.75, 3.05) is 45.9 Å². The Balaban J connectivity index is 0.000000605. The molecule has 27 heteroatoms. The summed E-state index contributed by atoms with van der Waals surface area (Å²) in [5.41, 5.74) is 3.07. The second-order valence-corrected chi connectivity index (χ2v) is 26.1. The Kier molecular flexibility index (Phi) is 34.3. The molecule has 4 saturated heterocycles. The number of nitrogens with one attached hydrogen (secondary N) is 4. The minimum Gasteiger partial charge on any atom is -0.480 e. The first kappa shape index (κ1) is 80.2. The maximum absolute atomic E-state index is 12.7. The van der Waals surface area contributed by atoms with E-state index in [4.69, 9.17) is 34.5 Å². The third kappa shape index (κ3) is 30.0. The number of hydrogen-bond acceptors (Lipinski definition) is 18. The van der Waals surface area contributed by atoms with Crippen molar-refractivity contribution in [3.05, 3.63) is 0 Å². The highest BCUT2D eigenvalue weighted by atomic mass is 16.6. The summed E-state index contributed by atoms with van der Waals surface area (Å²) < 4.78 is 26.0. The molecule has 0 spiro atoms. The van der Waals surface area contributed by atoms with Gasteiger partial charge in [-0.05, 0) is 167 Å². The predicted molar refractivity (Wildman–Crippen MR) is 331 cm³/mol. The quantitative estimate of drug-likeness (QED) is 0.0613. The number of nitrogens with zero attached hydrogens (tertiary/aromatic N) is 4. The molecule has 4 unspecified atom stereocenters. The molecule has 0 aromatic rings. The smallest absolute Gasteiger partial charge is 0.411 e. The van der Waals surface area contributed by atoms with Crippen LogP contribution in [0.3, 0.4) is 0 Å². The molecule has 0 aromatic heterocycles. The Hall–Kier alpha value is -6.80. The Morgan fingerprint density at radius 3 is 0.989 bits per heavy atom. The van der Waals surface area contributed by atoms with E-state index in [9.17, 15) is 57.5 Å². The minimum absolute atomic E-state index is 0.0296. The molecule has 4 aliphatic rings. The molecule has 7 N–H and O–H groups in total. The number of amides is 8. The number of alkyl carbamates (subject to hydrolysis) is 1. The van der Waals surface area contributed by atoms with Crippen molar-refractivity contribution >= 4 is 71.5 Å². The molecular formula is C62H109N9O18. The van der Waals surface area contributed by atoms with Gasteiger partial charge >= 0.3 is 36.4 Å². The van der Waals surface area contributed by atoms with Crippen LogP contribution in [0.5, 0.6) is 0 Å². The van der Waals surface area contributed by atoms with Crippen LogP contribution in [-0.4, -0.2) is 207 Å². The number of ketones is 3. The number of nitrogens with two attached hydrogens (primary N) is 1. The molecule has 4 aliphatic heterocycles. The van der Waals surface area contributed by atoms with E-state index in [0.29, 0.717) is 90.5 Å².